The van der Waals surface area contributed by atoms with Gasteiger partial charge >= 0.3 is 0 Å². The molecule has 1 aliphatic carbocycles. The van der Waals surface area contributed by atoms with Gasteiger partial charge in [0.05, 0.1) is 0 Å². The third-order valence-electron chi connectivity index (χ3n) is 2.86. The minimum Gasteiger partial charge on any atom is -0.355 e. The average molecular weight is 256 g/mol. The van der Waals surface area contributed by atoms with Gasteiger partial charge in [0.25, 0.3) is 0 Å². The van der Waals surface area contributed by atoms with Crippen LogP contribution in [0.4, 0.5) is 5.69 Å². The number of rotatable bonds is 5. The molecule has 0 aromatic heterocycles. The second-order valence-electron chi connectivity index (χ2n) is 4.38. The largest absolute Gasteiger partial charge is 0.355 e. The van der Waals surface area contributed by atoms with Gasteiger partial charge in [0.1, 0.15) is 0 Å². The summed E-state index contributed by atoms with van der Waals surface area (Å²) in [5.41, 5.74) is 8.21. The van der Waals surface area contributed by atoms with Crippen molar-refractivity contribution >= 4 is 17.3 Å². The molecule has 0 radical (unpaired) electrons. The van der Waals surface area contributed by atoms with E-state index in [1.165, 1.54) is 17.7 Å². The Morgan fingerprint density at radius 3 is 2.37 bits per heavy atom. The standard InChI is InChI=1S/C15H16N2O2/c16-9-1-2-11-3-5-12(6-4-11)17-13-7-8-14(18)15(19)10-13/h3-8,10,17H,1-2,9,16H2. The van der Waals surface area contributed by atoms with E-state index < -0.39 is 11.6 Å². The van der Waals surface area contributed by atoms with E-state index >= 15 is 0 Å². The molecule has 4 heteroatoms. The zero-order valence-corrected chi connectivity index (χ0v) is 10.6. The van der Waals surface area contributed by atoms with E-state index in [0.29, 0.717) is 12.2 Å². The summed E-state index contributed by atoms with van der Waals surface area (Å²) in [4.78, 5) is 22.3. The van der Waals surface area contributed by atoms with Crippen molar-refractivity contribution in [3.8, 4) is 0 Å². The molecule has 0 atom stereocenters. The number of allylic oxidation sites excluding steroid dienone is 3. The summed E-state index contributed by atoms with van der Waals surface area (Å²) >= 11 is 0. The lowest BCUT2D eigenvalue weighted by Gasteiger charge is -2.10. The Morgan fingerprint density at radius 2 is 1.74 bits per heavy atom. The Bertz CT molecular complexity index is 542. The van der Waals surface area contributed by atoms with Crippen molar-refractivity contribution in [1.82, 2.24) is 0 Å². The number of carbonyl (C=O) groups is 2. The fourth-order valence-corrected chi connectivity index (χ4v) is 1.81. The topological polar surface area (TPSA) is 72.2 Å². The number of carbonyl (C=O) groups excluding carboxylic acids is 2. The number of hydrogen-bond acceptors (Lipinski definition) is 4. The molecular formula is C15H16N2O2. The highest BCUT2D eigenvalue weighted by Crippen LogP contribution is 2.15. The second-order valence-corrected chi connectivity index (χ2v) is 4.38. The monoisotopic (exact) mass is 256 g/mol. The van der Waals surface area contributed by atoms with Crippen molar-refractivity contribution in [1.29, 1.82) is 0 Å². The lowest BCUT2D eigenvalue weighted by atomic mass is 10.1. The van der Waals surface area contributed by atoms with Crippen LogP contribution in [0.3, 0.4) is 0 Å². The van der Waals surface area contributed by atoms with Crippen LogP contribution in [0, 0.1) is 0 Å². The third-order valence-corrected chi connectivity index (χ3v) is 2.86. The van der Waals surface area contributed by atoms with Crippen LogP contribution in [-0.4, -0.2) is 18.1 Å². The van der Waals surface area contributed by atoms with Gasteiger partial charge in [-0.15, -0.1) is 0 Å². The SMILES string of the molecule is NCCCc1ccc(NC2=CC(=O)C(=O)C=C2)cc1. The number of anilines is 1. The highest BCUT2D eigenvalue weighted by molar-refractivity contribution is 6.46. The molecule has 2 rings (SSSR count). The maximum Gasteiger partial charge on any atom is 0.227 e. The first-order valence-corrected chi connectivity index (χ1v) is 6.23. The number of aryl methyl sites for hydroxylation is 1. The number of benzene rings is 1. The highest BCUT2D eigenvalue weighted by Gasteiger charge is 2.12. The van der Waals surface area contributed by atoms with Crippen molar-refractivity contribution in [2.45, 2.75) is 12.8 Å². The predicted molar refractivity (Wildman–Crippen MR) is 74.7 cm³/mol. The fraction of sp³-hybridized carbons (Fsp3) is 0.200. The molecule has 0 spiro atoms. The van der Waals surface area contributed by atoms with E-state index in [2.05, 4.69) is 5.32 Å². The van der Waals surface area contributed by atoms with Crippen molar-refractivity contribution in [3.63, 3.8) is 0 Å². The Morgan fingerprint density at radius 1 is 1.00 bits per heavy atom. The van der Waals surface area contributed by atoms with Gasteiger partial charge < -0.3 is 11.1 Å². The minimum absolute atomic E-state index is 0.484. The first kappa shape index (κ1) is 13.2. The fourth-order valence-electron chi connectivity index (χ4n) is 1.81. The number of nitrogens with one attached hydrogen (secondary N) is 1. The van der Waals surface area contributed by atoms with Crippen LogP contribution in [0.5, 0.6) is 0 Å². The summed E-state index contributed by atoms with van der Waals surface area (Å²) < 4.78 is 0. The number of ketones is 2. The van der Waals surface area contributed by atoms with Crippen molar-refractivity contribution in [2.24, 2.45) is 5.73 Å². The summed E-state index contributed by atoms with van der Waals surface area (Å²) in [6, 6.07) is 7.94. The van der Waals surface area contributed by atoms with Crippen LogP contribution in [-0.2, 0) is 16.0 Å². The number of nitrogens with two attached hydrogens (primary N) is 1. The maximum absolute atomic E-state index is 11.2. The molecule has 4 nitrogen and oxygen atoms in total. The summed E-state index contributed by atoms with van der Waals surface area (Å²) in [5.74, 6) is -0.979. The molecule has 1 aliphatic rings. The smallest absolute Gasteiger partial charge is 0.227 e. The summed E-state index contributed by atoms with van der Waals surface area (Å²) in [6.45, 7) is 0.688. The van der Waals surface area contributed by atoms with Crippen LogP contribution in [0.1, 0.15) is 12.0 Å². The van der Waals surface area contributed by atoms with Crippen LogP contribution in [0.25, 0.3) is 0 Å². The van der Waals surface area contributed by atoms with Crippen molar-refractivity contribution in [3.05, 3.63) is 53.8 Å². The zero-order chi connectivity index (χ0) is 13.7. The van der Waals surface area contributed by atoms with Crippen LogP contribution < -0.4 is 11.1 Å². The molecule has 98 valence electrons. The third kappa shape index (κ3) is 3.63. The Labute approximate surface area is 112 Å². The summed E-state index contributed by atoms with van der Waals surface area (Å²) in [6.07, 6.45) is 6.13. The van der Waals surface area contributed by atoms with Gasteiger partial charge in [0.15, 0.2) is 0 Å². The van der Waals surface area contributed by atoms with Gasteiger partial charge in [-0.2, -0.15) is 0 Å². The molecule has 0 saturated heterocycles. The first-order chi connectivity index (χ1) is 9.19. The van der Waals surface area contributed by atoms with Crippen LogP contribution in [0.2, 0.25) is 0 Å². The summed E-state index contributed by atoms with van der Waals surface area (Å²) in [7, 11) is 0. The minimum atomic E-state index is -0.496. The van der Waals surface area contributed by atoms with Gasteiger partial charge in [0, 0.05) is 17.5 Å². The summed E-state index contributed by atoms with van der Waals surface area (Å²) in [5, 5.41) is 3.09. The molecule has 0 amide bonds. The van der Waals surface area contributed by atoms with Gasteiger partial charge in [-0.05, 0) is 49.2 Å². The molecule has 3 N–H and O–H groups in total. The quantitative estimate of drug-likeness (QED) is 0.619. The number of hydrogen-bond donors (Lipinski definition) is 2. The van der Waals surface area contributed by atoms with Gasteiger partial charge in [0.2, 0.25) is 11.6 Å². The molecule has 0 saturated carbocycles. The molecular weight excluding hydrogens is 240 g/mol. The average Bonchev–Trinajstić information content (AvgIpc) is 2.42. The lowest BCUT2D eigenvalue weighted by molar-refractivity contribution is -0.131. The Kier molecular flexibility index (Phi) is 4.26. The van der Waals surface area contributed by atoms with Gasteiger partial charge in [-0.3, -0.25) is 9.59 Å². The van der Waals surface area contributed by atoms with E-state index in [1.54, 1.807) is 6.08 Å². The van der Waals surface area contributed by atoms with E-state index in [9.17, 15) is 9.59 Å². The molecule has 1 aromatic carbocycles. The van der Waals surface area contributed by atoms with Crippen molar-refractivity contribution < 1.29 is 9.59 Å². The molecule has 0 aliphatic heterocycles. The maximum atomic E-state index is 11.2. The van der Waals surface area contributed by atoms with Gasteiger partial charge in [-0.25, -0.2) is 0 Å². The van der Waals surface area contributed by atoms with E-state index in [0.717, 1.165) is 18.5 Å². The molecule has 0 fully saturated rings. The van der Waals surface area contributed by atoms with Crippen LogP contribution in [0.15, 0.2) is 48.2 Å². The molecule has 0 heterocycles. The normalized spacial score (nSPS) is 14.5. The second kappa shape index (κ2) is 6.11. The van der Waals surface area contributed by atoms with Crippen molar-refractivity contribution in [2.75, 3.05) is 11.9 Å². The van der Waals surface area contributed by atoms with E-state index in [4.69, 9.17) is 5.73 Å². The zero-order valence-electron chi connectivity index (χ0n) is 10.6. The molecule has 0 unspecified atom stereocenters. The Balaban J connectivity index is 2.00. The van der Waals surface area contributed by atoms with Crippen LogP contribution >= 0.6 is 0 Å². The highest BCUT2D eigenvalue weighted by atomic mass is 16.2. The van der Waals surface area contributed by atoms with E-state index in [1.807, 2.05) is 24.3 Å². The lowest BCUT2D eigenvalue weighted by Crippen LogP contribution is -2.14. The predicted octanol–water partition coefficient (Wildman–Crippen LogP) is 1.58. The first-order valence-electron chi connectivity index (χ1n) is 6.23. The molecule has 0 bridgehead atoms. The van der Waals surface area contributed by atoms with E-state index in [-0.39, 0.29) is 0 Å². The molecule has 19 heavy (non-hydrogen) atoms. The molecule has 1 aromatic rings. The van der Waals surface area contributed by atoms with Gasteiger partial charge in [-0.1, -0.05) is 12.1 Å². The Hall–Kier alpha value is -2.20.